The molecule has 122 valence electrons. The molecule has 0 aliphatic carbocycles. The largest absolute Gasteiger partial charge is 0.481 e. The van der Waals surface area contributed by atoms with Gasteiger partial charge in [-0.1, -0.05) is 20.3 Å². The third-order valence-electron chi connectivity index (χ3n) is 3.99. The Hall–Kier alpha value is -0.910. The van der Waals surface area contributed by atoms with Crippen molar-refractivity contribution in [1.82, 2.24) is 10.2 Å². The van der Waals surface area contributed by atoms with Gasteiger partial charge in [0, 0.05) is 24.9 Å². The summed E-state index contributed by atoms with van der Waals surface area (Å²) in [6, 6.07) is -0.0181. The zero-order valence-electron chi connectivity index (χ0n) is 13.4. The van der Waals surface area contributed by atoms with Crippen molar-refractivity contribution in [3.63, 3.8) is 0 Å². The number of thioether (sulfide) groups is 1. The fourth-order valence-corrected chi connectivity index (χ4v) is 3.58. The van der Waals surface area contributed by atoms with E-state index in [1.54, 1.807) is 16.7 Å². The molecule has 2 N–H and O–H groups in total. The molecule has 0 aromatic carbocycles. The number of amides is 2. The maximum atomic E-state index is 12.3. The number of nitrogens with zero attached hydrogens (tertiary/aromatic N) is 1. The van der Waals surface area contributed by atoms with Crippen LogP contribution in [-0.2, 0) is 4.79 Å². The SMILES string of the molecule is CCCC1(C(=O)O)CCCN(C(=O)NC(C)CSCC)C1. The molecular weight excluding hydrogens is 288 g/mol. The van der Waals surface area contributed by atoms with E-state index in [1.165, 1.54) is 0 Å². The van der Waals surface area contributed by atoms with Crippen LogP contribution < -0.4 is 5.32 Å². The standard InChI is InChI=1S/C15H28N2O3S/c1-4-7-15(13(18)19)8-6-9-17(11-15)14(20)16-12(3)10-21-5-2/h12H,4-11H2,1-3H3,(H,16,20)(H,18,19). The van der Waals surface area contributed by atoms with Gasteiger partial charge in [0.25, 0.3) is 0 Å². The minimum atomic E-state index is -0.767. The van der Waals surface area contributed by atoms with E-state index in [1.807, 2.05) is 13.8 Å². The predicted octanol–water partition coefficient (Wildman–Crippen LogP) is 2.80. The van der Waals surface area contributed by atoms with Gasteiger partial charge < -0.3 is 15.3 Å². The lowest BCUT2D eigenvalue weighted by Gasteiger charge is -2.40. The first-order valence-corrected chi connectivity index (χ1v) is 8.97. The molecule has 1 aliphatic heterocycles. The number of carboxylic acids is 1. The van der Waals surface area contributed by atoms with Crippen LogP contribution in [0.25, 0.3) is 0 Å². The number of carbonyl (C=O) groups excluding carboxylic acids is 1. The molecule has 0 aromatic rings. The quantitative estimate of drug-likeness (QED) is 0.758. The fourth-order valence-electron chi connectivity index (χ4n) is 2.91. The number of hydrogen-bond donors (Lipinski definition) is 2. The normalized spacial score (nSPS) is 23.7. The predicted molar refractivity (Wildman–Crippen MR) is 86.8 cm³/mol. The van der Waals surface area contributed by atoms with E-state index < -0.39 is 11.4 Å². The first-order valence-electron chi connectivity index (χ1n) is 7.81. The number of aliphatic carboxylic acids is 1. The first kappa shape index (κ1) is 18.1. The molecular formula is C15H28N2O3S. The summed E-state index contributed by atoms with van der Waals surface area (Å²) in [6.45, 7) is 7.05. The zero-order chi connectivity index (χ0) is 15.9. The number of urea groups is 1. The fraction of sp³-hybridized carbons (Fsp3) is 0.867. The molecule has 1 saturated heterocycles. The Balaban J connectivity index is 2.62. The van der Waals surface area contributed by atoms with Crippen LogP contribution in [0, 0.1) is 5.41 Å². The highest BCUT2D eigenvalue weighted by atomic mass is 32.2. The Morgan fingerprint density at radius 1 is 1.43 bits per heavy atom. The van der Waals surface area contributed by atoms with Gasteiger partial charge in [0.1, 0.15) is 0 Å². The third kappa shape index (κ3) is 5.09. The smallest absolute Gasteiger partial charge is 0.317 e. The van der Waals surface area contributed by atoms with Gasteiger partial charge in [0.05, 0.1) is 5.41 Å². The summed E-state index contributed by atoms with van der Waals surface area (Å²) in [5.74, 6) is 1.15. The number of rotatable bonds is 7. The van der Waals surface area contributed by atoms with Crippen molar-refractivity contribution in [2.24, 2.45) is 5.41 Å². The summed E-state index contributed by atoms with van der Waals surface area (Å²) < 4.78 is 0. The molecule has 0 saturated carbocycles. The van der Waals surface area contributed by atoms with E-state index in [4.69, 9.17) is 0 Å². The molecule has 21 heavy (non-hydrogen) atoms. The minimum Gasteiger partial charge on any atom is -0.481 e. The van der Waals surface area contributed by atoms with Crippen molar-refractivity contribution in [2.45, 2.75) is 52.5 Å². The highest BCUT2D eigenvalue weighted by Crippen LogP contribution is 2.35. The maximum absolute atomic E-state index is 12.3. The number of carbonyl (C=O) groups is 2. The third-order valence-corrected chi connectivity index (χ3v) is 5.13. The first-order chi connectivity index (χ1) is 9.95. The van der Waals surface area contributed by atoms with E-state index in [0.717, 1.165) is 24.3 Å². The van der Waals surface area contributed by atoms with E-state index in [2.05, 4.69) is 12.2 Å². The van der Waals surface area contributed by atoms with Crippen LogP contribution in [-0.4, -0.2) is 52.6 Å². The van der Waals surface area contributed by atoms with Crippen LogP contribution >= 0.6 is 11.8 Å². The van der Waals surface area contributed by atoms with Crippen molar-refractivity contribution in [2.75, 3.05) is 24.6 Å². The average Bonchev–Trinajstić information content (AvgIpc) is 2.45. The van der Waals surface area contributed by atoms with Gasteiger partial charge in [-0.3, -0.25) is 4.79 Å². The number of likely N-dealkylation sites (tertiary alicyclic amines) is 1. The molecule has 2 amide bonds. The summed E-state index contributed by atoms with van der Waals surface area (Å²) in [5.41, 5.74) is -0.758. The van der Waals surface area contributed by atoms with Gasteiger partial charge in [-0.15, -0.1) is 0 Å². The lowest BCUT2D eigenvalue weighted by atomic mass is 9.76. The summed E-state index contributed by atoms with van der Waals surface area (Å²) in [7, 11) is 0. The van der Waals surface area contributed by atoms with Gasteiger partial charge in [0.2, 0.25) is 0 Å². The molecule has 0 spiro atoms. The molecule has 6 heteroatoms. The molecule has 0 radical (unpaired) electrons. The number of piperidine rings is 1. The summed E-state index contributed by atoms with van der Waals surface area (Å²) >= 11 is 1.79. The van der Waals surface area contributed by atoms with Crippen molar-refractivity contribution < 1.29 is 14.7 Å². The van der Waals surface area contributed by atoms with Crippen molar-refractivity contribution >= 4 is 23.8 Å². The number of hydrogen-bond acceptors (Lipinski definition) is 3. The average molecular weight is 316 g/mol. The van der Waals surface area contributed by atoms with Gasteiger partial charge in [-0.05, 0) is 31.9 Å². The van der Waals surface area contributed by atoms with Gasteiger partial charge in [-0.25, -0.2) is 4.79 Å². The molecule has 0 aromatic heterocycles. The Bertz CT molecular complexity index is 361. The van der Waals surface area contributed by atoms with Gasteiger partial charge in [-0.2, -0.15) is 11.8 Å². The Morgan fingerprint density at radius 3 is 2.71 bits per heavy atom. The summed E-state index contributed by atoms with van der Waals surface area (Å²) in [4.78, 5) is 25.6. The number of nitrogens with one attached hydrogen (secondary N) is 1. The second kappa shape index (κ2) is 8.51. The Labute approximate surface area is 131 Å². The Morgan fingerprint density at radius 2 is 2.14 bits per heavy atom. The molecule has 1 rings (SSSR count). The van der Waals surface area contributed by atoms with Gasteiger partial charge >= 0.3 is 12.0 Å². The van der Waals surface area contributed by atoms with Crippen molar-refractivity contribution in [1.29, 1.82) is 0 Å². The molecule has 2 atom stereocenters. The second-order valence-electron chi connectivity index (χ2n) is 5.87. The van der Waals surface area contributed by atoms with Crippen LogP contribution in [0.2, 0.25) is 0 Å². The highest BCUT2D eigenvalue weighted by molar-refractivity contribution is 7.99. The maximum Gasteiger partial charge on any atom is 0.317 e. The van der Waals surface area contributed by atoms with E-state index in [0.29, 0.717) is 25.9 Å². The minimum absolute atomic E-state index is 0.106. The molecule has 1 heterocycles. The monoisotopic (exact) mass is 316 g/mol. The van der Waals surface area contributed by atoms with E-state index >= 15 is 0 Å². The highest BCUT2D eigenvalue weighted by Gasteiger charge is 2.42. The van der Waals surface area contributed by atoms with Crippen LogP contribution in [0.4, 0.5) is 4.79 Å². The molecule has 1 aliphatic rings. The van der Waals surface area contributed by atoms with Crippen LogP contribution in [0.15, 0.2) is 0 Å². The lowest BCUT2D eigenvalue weighted by Crippen LogP contribution is -2.54. The topological polar surface area (TPSA) is 69.6 Å². The molecule has 2 unspecified atom stereocenters. The van der Waals surface area contributed by atoms with Crippen LogP contribution in [0.3, 0.4) is 0 Å². The van der Waals surface area contributed by atoms with Crippen LogP contribution in [0.1, 0.15) is 46.5 Å². The summed E-state index contributed by atoms with van der Waals surface area (Å²) in [5, 5.41) is 12.5. The Kier molecular flexibility index (Phi) is 7.35. The van der Waals surface area contributed by atoms with Crippen LogP contribution in [0.5, 0.6) is 0 Å². The lowest BCUT2D eigenvalue weighted by molar-refractivity contribution is -0.152. The molecule has 0 bridgehead atoms. The zero-order valence-corrected chi connectivity index (χ0v) is 14.2. The van der Waals surface area contributed by atoms with Crippen molar-refractivity contribution in [3.05, 3.63) is 0 Å². The number of carboxylic acid groups (broad SMARTS) is 1. The second-order valence-corrected chi connectivity index (χ2v) is 7.19. The summed E-state index contributed by atoms with van der Waals surface area (Å²) in [6.07, 6.45) is 2.89. The molecule has 1 fully saturated rings. The van der Waals surface area contributed by atoms with E-state index in [9.17, 15) is 14.7 Å². The van der Waals surface area contributed by atoms with Crippen molar-refractivity contribution in [3.8, 4) is 0 Å². The molecule has 5 nitrogen and oxygen atoms in total. The van der Waals surface area contributed by atoms with Gasteiger partial charge in [0.15, 0.2) is 0 Å². The van der Waals surface area contributed by atoms with E-state index in [-0.39, 0.29) is 12.1 Å².